The molecule has 1 saturated carbocycles. The van der Waals surface area contributed by atoms with E-state index in [0.29, 0.717) is 0 Å². The summed E-state index contributed by atoms with van der Waals surface area (Å²) in [7, 11) is 0. The average molecular weight is 231 g/mol. The van der Waals surface area contributed by atoms with Gasteiger partial charge in [0.15, 0.2) is 0 Å². The van der Waals surface area contributed by atoms with Crippen molar-refractivity contribution in [3.05, 3.63) is 11.4 Å². The summed E-state index contributed by atoms with van der Waals surface area (Å²) in [5.74, 6) is 4.17. The highest BCUT2D eigenvalue weighted by Crippen LogP contribution is 2.56. The molecule has 0 spiro atoms. The van der Waals surface area contributed by atoms with E-state index in [1.54, 1.807) is 6.92 Å². The van der Waals surface area contributed by atoms with Crippen molar-refractivity contribution in [3.63, 3.8) is 0 Å². The van der Waals surface area contributed by atoms with Crippen LogP contribution in [0.5, 0.6) is 0 Å². The van der Waals surface area contributed by atoms with Crippen LogP contribution in [0.3, 0.4) is 0 Å². The summed E-state index contributed by atoms with van der Waals surface area (Å²) < 4.78 is 0. The molecule has 88 valence electrons. The van der Waals surface area contributed by atoms with Crippen LogP contribution in [0.25, 0.3) is 0 Å². The molecule has 0 aromatic rings. The lowest BCUT2D eigenvalue weighted by Crippen LogP contribution is -2.54. The van der Waals surface area contributed by atoms with Gasteiger partial charge in [-0.25, -0.2) is 10.9 Å². The van der Waals surface area contributed by atoms with Gasteiger partial charge < -0.3 is 5.73 Å². The number of hydrogen-bond donors (Lipinski definition) is 2. The fourth-order valence-corrected chi connectivity index (χ4v) is 2.54. The molecule has 2 unspecified atom stereocenters. The standard InChI is InChI=1S/C11H13N5O/c1-11(6-2-3-6)7(4-12)9(14)16(15)10(17)8(11)5-13/h6,8H,2-3,14-15H2,1H3. The molecule has 1 aliphatic carbocycles. The molecule has 1 amide bonds. The molecule has 1 aliphatic heterocycles. The van der Waals surface area contributed by atoms with Gasteiger partial charge in [0.25, 0.3) is 5.91 Å². The van der Waals surface area contributed by atoms with Gasteiger partial charge in [-0.1, -0.05) is 6.92 Å². The van der Waals surface area contributed by atoms with Gasteiger partial charge in [0.05, 0.1) is 17.7 Å². The zero-order valence-corrected chi connectivity index (χ0v) is 9.47. The maximum absolute atomic E-state index is 11.9. The second kappa shape index (κ2) is 3.47. The number of nitrogens with zero attached hydrogens (tertiary/aromatic N) is 3. The van der Waals surface area contributed by atoms with Crippen LogP contribution in [0.15, 0.2) is 11.4 Å². The van der Waals surface area contributed by atoms with Crippen molar-refractivity contribution >= 4 is 5.91 Å². The molecule has 2 aliphatic rings. The van der Waals surface area contributed by atoms with Gasteiger partial charge in [-0.05, 0) is 18.8 Å². The molecule has 0 saturated heterocycles. The van der Waals surface area contributed by atoms with Gasteiger partial charge in [-0.2, -0.15) is 10.5 Å². The third-order valence-electron chi connectivity index (χ3n) is 3.80. The minimum absolute atomic E-state index is 0.0293. The molecule has 0 bridgehead atoms. The van der Waals surface area contributed by atoms with E-state index in [0.717, 1.165) is 17.9 Å². The van der Waals surface area contributed by atoms with Gasteiger partial charge in [-0.15, -0.1) is 0 Å². The first-order valence-electron chi connectivity index (χ1n) is 5.37. The number of allylic oxidation sites excluding steroid dienone is 1. The van der Waals surface area contributed by atoms with Crippen molar-refractivity contribution in [2.75, 3.05) is 0 Å². The SMILES string of the molecule is CC1(C2CC2)C(C#N)=C(N)N(N)C(=O)C1C#N. The first-order valence-corrected chi connectivity index (χ1v) is 5.37. The Hall–Kier alpha value is -2.05. The fourth-order valence-electron chi connectivity index (χ4n) is 2.54. The number of nitrogens with two attached hydrogens (primary N) is 2. The predicted molar refractivity (Wildman–Crippen MR) is 57.8 cm³/mol. The summed E-state index contributed by atoms with van der Waals surface area (Å²) in [6.45, 7) is 1.76. The number of amides is 1. The quantitative estimate of drug-likeness (QED) is 0.484. The van der Waals surface area contributed by atoms with E-state index < -0.39 is 17.2 Å². The second-order valence-electron chi connectivity index (χ2n) is 4.70. The van der Waals surface area contributed by atoms with Crippen LogP contribution in [0.4, 0.5) is 0 Å². The summed E-state index contributed by atoms with van der Waals surface area (Å²) in [5.41, 5.74) is 5.18. The Morgan fingerprint density at radius 1 is 1.47 bits per heavy atom. The molecule has 4 N–H and O–H groups in total. The van der Waals surface area contributed by atoms with E-state index in [1.807, 2.05) is 12.1 Å². The Balaban J connectivity index is 2.64. The summed E-state index contributed by atoms with van der Waals surface area (Å²) in [6, 6.07) is 3.98. The van der Waals surface area contributed by atoms with Crippen molar-refractivity contribution in [1.29, 1.82) is 10.5 Å². The Morgan fingerprint density at radius 2 is 2.06 bits per heavy atom. The predicted octanol–water partition coefficient (Wildman–Crippen LogP) is -0.0477. The van der Waals surface area contributed by atoms with Crippen molar-refractivity contribution in [2.45, 2.75) is 19.8 Å². The average Bonchev–Trinajstić information content (AvgIpc) is 3.11. The number of rotatable bonds is 1. The highest BCUT2D eigenvalue weighted by atomic mass is 16.2. The molecule has 0 radical (unpaired) electrons. The van der Waals surface area contributed by atoms with E-state index in [1.165, 1.54) is 0 Å². The maximum atomic E-state index is 11.9. The number of carbonyl (C=O) groups is 1. The van der Waals surface area contributed by atoms with Crippen LogP contribution in [0.2, 0.25) is 0 Å². The first kappa shape index (κ1) is 11.4. The minimum atomic E-state index is -0.929. The highest BCUT2D eigenvalue weighted by Gasteiger charge is 2.57. The largest absolute Gasteiger partial charge is 0.383 e. The minimum Gasteiger partial charge on any atom is -0.383 e. The molecule has 2 rings (SSSR count). The van der Waals surface area contributed by atoms with Crippen LogP contribution in [0.1, 0.15) is 19.8 Å². The van der Waals surface area contributed by atoms with Gasteiger partial charge >= 0.3 is 0 Å². The van der Waals surface area contributed by atoms with Crippen molar-refractivity contribution in [2.24, 2.45) is 28.8 Å². The number of carbonyl (C=O) groups excluding carboxylic acids is 1. The van der Waals surface area contributed by atoms with Gasteiger partial charge in [0.2, 0.25) is 0 Å². The summed E-state index contributed by atoms with van der Waals surface area (Å²) in [5, 5.41) is 19.1. The molecule has 0 aromatic carbocycles. The zero-order chi connectivity index (χ0) is 12.8. The van der Waals surface area contributed by atoms with E-state index in [9.17, 15) is 10.1 Å². The molecular weight excluding hydrogens is 218 g/mol. The second-order valence-corrected chi connectivity index (χ2v) is 4.70. The van der Waals surface area contributed by atoms with Crippen molar-refractivity contribution in [3.8, 4) is 12.1 Å². The van der Waals surface area contributed by atoms with Gasteiger partial charge in [0, 0.05) is 5.41 Å². The molecule has 17 heavy (non-hydrogen) atoms. The first-order chi connectivity index (χ1) is 7.98. The zero-order valence-electron chi connectivity index (χ0n) is 9.47. The van der Waals surface area contributed by atoms with Crippen LogP contribution in [-0.4, -0.2) is 10.9 Å². The van der Waals surface area contributed by atoms with Gasteiger partial charge in [-0.3, -0.25) is 4.79 Å². The Bertz CT molecular complexity index is 493. The van der Waals surface area contributed by atoms with Gasteiger partial charge in [0.1, 0.15) is 11.7 Å². The number of hydrazine groups is 1. The lowest BCUT2D eigenvalue weighted by Gasteiger charge is -2.40. The molecule has 0 aromatic heterocycles. The lowest BCUT2D eigenvalue weighted by atomic mass is 9.66. The van der Waals surface area contributed by atoms with Crippen LogP contribution in [0, 0.1) is 39.9 Å². The monoisotopic (exact) mass is 231 g/mol. The van der Waals surface area contributed by atoms with Crippen LogP contribution >= 0.6 is 0 Å². The number of hydrogen-bond acceptors (Lipinski definition) is 5. The van der Waals surface area contributed by atoms with E-state index in [4.69, 9.17) is 16.8 Å². The molecule has 1 heterocycles. The Labute approximate surface area is 99.0 Å². The topological polar surface area (TPSA) is 120 Å². The lowest BCUT2D eigenvalue weighted by molar-refractivity contribution is -0.137. The fraction of sp³-hybridized carbons (Fsp3) is 0.545. The highest BCUT2D eigenvalue weighted by molar-refractivity contribution is 5.86. The van der Waals surface area contributed by atoms with E-state index in [2.05, 4.69) is 0 Å². The smallest absolute Gasteiger partial charge is 0.260 e. The van der Waals surface area contributed by atoms with Crippen molar-refractivity contribution in [1.82, 2.24) is 5.01 Å². The molecule has 1 fully saturated rings. The third kappa shape index (κ3) is 1.31. The summed E-state index contributed by atoms with van der Waals surface area (Å²) >= 11 is 0. The number of nitriles is 2. The summed E-state index contributed by atoms with van der Waals surface area (Å²) in [6.07, 6.45) is 1.82. The Kier molecular flexibility index (Phi) is 2.34. The van der Waals surface area contributed by atoms with Crippen molar-refractivity contribution < 1.29 is 4.79 Å². The summed E-state index contributed by atoms with van der Waals surface area (Å²) in [4.78, 5) is 11.9. The third-order valence-corrected chi connectivity index (χ3v) is 3.80. The molecule has 6 nitrogen and oxygen atoms in total. The normalized spacial score (nSPS) is 33.3. The molecule has 6 heteroatoms. The van der Waals surface area contributed by atoms with E-state index >= 15 is 0 Å². The molecular formula is C11H13N5O. The van der Waals surface area contributed by atoms with Crippen LogP contribution < -0.4 is 11.6 Å². The van der Waals surface area contributed by atoms with Crippen LogP contribution in [-0.2, 0) is 4.79 Å². The molecule has 2 atom stereocenters. The Morgan fingerprint density at radius 3 is 2.47 bits per heavy atom. The maximum Gasteiger partial charge on any atom is 0.260 e. The van der Waals surface area contributed by atoms with E-state index in [-0.39, 0.29) is 17.3 Å².